The number of hydrogen-bond acceptors (Lipinski definition) is 3. The molecule has 72 valence electrons. The summed E-state index contributed by atoms with van der Waals surface area (Å²) in [5.74, 6) is 0.710. The Kier molecular flexibility index (Phi) is 2.36. The fourth-order valence-electron chi connectivity index (χ4n) is 1.69. The molecular formula is C11H13N3. The predicted molar refractivity (Wildman–Crippen MR) is 54.8 cm³/mol. The van der Waals surface area contributed by atoms with Crippen molar-refractivity contribution in [2.75, 3.05) is 5.32 Å². The molecule has 1 fully saturated rings. The Labute approximate surface area is 83.8 Å². The van der Waals surface area contributed by atoms with E-state index in [1.807, 2.05) is 0 Å². The van der Waals surface area contributed by atoms with Gasteiger partial charge in [-0.1, -0.05) is 6.92 Å². The van der Waals surface area contributed by atoms with Crippen LogP contribution in [0.5, 0.6) is 0 Å². The summed E-state index contributed by atoms with van der Waals surface area (Å²) in [5.41, 5.74) is 1.55. The molecule has 1 aliphatic carbocycles. The Morgan fingerprint density at radius 2 is 2.43 bits per heavy atom. The Morgan fingerprint density at radius 1 is 1.57 bits per heavy atom. The summed E-state index contributed by atoms with van der Waals surface area (Å²) in [5, 5.41) is 12.2. The molecule has 1 N–H and O–H groups in total. The molecule has 2 atom stereocenters. The molecule has 0 aliphatic heterocycles. The lowest BCUT2D eigenvalue weighted by molar-refractivity contribution is 0.303. The highest BCUT2D eigenvalue weighted by atomic mass is 15.0. The Morgan fingerprint density at radius 3 is 3.00 bits per heavy atom. The number of nitriles is 1. The van der Waals surface area contributed by atoms with E-state index in [9.17, 15) is 0 Å². The fraction of sp³-hybridized carbons (Fsp3) is 0.455. The smallest absolute Gasteiger partial charge is 0.101 e. The third kappa shape index (κ3) is 1.56. The van der Waals surface area contributed by atoms with E-state index in [0.717, 1.165) is 5.69 Å². The molecule has 1 aliphatic rings. The van der Waals surface area contributed by atoms with E-state index < -0.39 is 0 Å². The van der Waals surface area contributed by atoms with E-state index in [0.29, 0.717) is 17.5 Å². The molecule has 2 unspecified atom stereocenters. The van der Waals surface area contributed by atoms with Gasteiger partial charge in [0.2, 0.25) is 0 Å². The number of nitrogens with one attached hydrogen (secondary N) is 1. The second-order valence-corrected chi connectivity index (χ2v) is 3.84. The SMILES string of the molecule is CC1CCC1Nc1cnccc1C#N. The molecule has 0 aromatic carbocycles. The van der Waals surface area contributed by atoms with Gasteiger partial charge in [-0.05, 0) is 24.8 Å². The quantitative estimate of drug-likeness (QED) is 0.771. The second-order valence-electron chi connectivity index (χ2n) is 3.84. The second kappa shape index (κ2) is 3.67. The van der Waals surface area contributed by atoms with Gasteiger partial charge in [0.1, 0.15) is 6.07 Å². The summed E-state index contributed by atoms with van der Waals surface area (Å²) in [4.78, 5) is 4.02. The van der Waals surface area contributed by atoms with Crippen molar-refractivity contribution in [1.82, 2.24) is 4.98 Å². The number of rotatable bonds is 2. The third-order valence-electron chi connectivity index (χ3n) is 2.90. The average Bonchev–Trinajstić information content (AvgIpc) is 2.24. The maximum atomic E-state index is 8.87. The normalized spacial score (nSPS) is 24.9. The van der Waals surface area contributed by atoms with Gasteiger partial charge in [0.25, 0.3) is 0 Å². The van der Waals surface area contributed by atoms with Crippen molar-refractivity contribution in [3.8, 4) is 6.07 Å². The molecule has 0 bridgehead atoms. The van der Waals surface area contributed by atoms with Gasteiger partial charge >= 0.3 is 0 Å². The van der Waals surface area contributed by atoms with Crippen LogP contribution in [0.15, 0.2) is 18.5 Å². The molecular weight excluding hydrogens is 174 g/mol. The molecule has 0 saturated heterocycles. The van der Waals surface area contributed by atoms with Gasteiger partial charge in [0.05, 0.1) is 17.4 Å². The van der Waals surface area contributed by atoms with E-state index in [1.165, 1.54) is 12.8 Å². The molecule has 2 rings (SSSR count). The van der Waals surface area contributed by atoms with Crippen LogP contribution in [-0.4, -0.2) is 11.0 Å². The minimum atomic E-state index is 0.520. The maximum absolute atomic E-state index is 8.87. The lowest BCUT2D eigenvalue weighted by atomic mass is 9.81. The predicted octanol–water partition coefficient (Wildman–Crippen LogP) is 2.16. The molecule has 3 nitrogen and oxygen atoms in total. The molecule has 14 heavy (non-hydrogen) atoms. The Balaban J connectivity index is 2.12. The monoisotopic (exact) mass is 187 g/mol. The van der Waals surface area contributed by atoms with Gasteiger partial charge in [-0.25, -0.2) is 0 Å². The first-order valence-electron chi connectivity index (χ1n) is 4.92. The molecule has 1 heterocycles. The van der Waals surface area contributed by atoms with Crippen LogP contribution in [0.25, 0.3) is 0 Å². The van der Waals surface area contributed by atoms with Crippen LogP contribution in [0, 0.1) is 17.2 Å². The average molecular weight is 187 g/mol. The molecule has 0 amide bonds. The fourth-order valence-corrected chi connectivity index (χ4v) is 1.69. The summed E-state index contributed by atoms with van der Waals surface area (Å²) in [6.45, 7) is 2.23. The van der Waals surface area contributed by atoms with Gasteiger partial charge in [-0.15, -0.1) is 0 Å². The first kappa shape index (κ1) is 9.01. The maximum Gasteiger partial charge on any atom is 0.101 e. The van der Waals surface area contributed by atoms with Gasteiger partial charge < -0.3 is 5.32 Å². The van der Waals surface area contributed by atoms with Crippen molar-refractivity contribution in [3.05, 3.63) is 24.0 Å². The zero-order chi connectivity index (χ0) is 9.97. The van der Waals surface area contributed by atoms with Crippen LogP contribution in [0.4, 0.5) is 5.69 Å². The van der Waals surface area contributed by atoms with E-state index >= 15 is 0 Å². The van der Waals surface area contributed by atoms with Gasteiger partial charge in [-0.3, -0.25) is 4.98 Å². The summed E-state index contributed by atoms with van der Waals surface area (Å²) < 4.78 is 0. The zero-order valence-electron chi connectivity index (χ0n) is 8.20. The van der Waals surface area contributed by atoms with Crippen LogP contribution in [0.1, 0.15) is 25.3 Å². The van der Waals surface area contributed by atoms with E-state index in [1.54, 1.807) is 18.5 Å². The first-order chi connectivity index (χ1) is 6.81. The van der Waals surface area contributed by atoms with Gasteiger partial charge in [-0.2, -0.15) is 5.26 Å². The number of aromatic nitrogens is 1. The van der Waals surface area contributed by atoms with Crippen molar-refractivity contribution in [1.29, 1.82) is 5.26 Å². The minimum Gasteiger partial charge on any atom is -0.380 e. The Hall–Kier alpha value is -1.56. The van der Waals surface area contributed by atoms with Crippen molar-refractivity contribution < 1.29 is 0 Å². The Bertz CT molecular complexity index is 367. The number of anilines is 1. The van der Waals surface area contributed by atoms with Gasteiger partial charge in [0, 0.05) is 12.2 Å². The number of pyridine rings is 1. The number of nitrogens with zero attached hydrogens (tertiary/aromatic N) is 2. The first-order valence-corrected chi connectivity index (χ1v) is 4.92. The minimum absolute atomic E-state index is 0.520. The highest BCUT2D eigenvalue weighted by molar-refractivity contribution is 5.56. The highest BCUT2D eigenvalue weighted by Gasteiger charge is 2.26. The third-order valence-corrected chi connectivity index (χ3v) is 2.90. The standard InChI is InChI=1S/C11H13N3/c1-8-2-3-10(8)14-11-7-13-5-4-9(11)6-12/h4-5,7-8,10,14H,2-3H2,1H3. The van der Waals surface area contributed by atoms with Crippen LogP contribution in [-0.2, 0) is 0 Å². The molecule has 3 heteroatoms. The largest absolute Gasteiger partial charge is 0.380 e. The van der Waals surface area contributed by atoms with E-state index in [2.05, 4.69) is 23.3 Å². The summed E-state index contributed by atoms with van der Waals surface area (Å²) >= 11 is 0. The highest BCUT2D eigenvalue weighted by Crippen LogP contribution is 2.30. The molecule has 0 spiro atoms. The van der Waals surface area contributed by atoms with Crippen LogP contribution >= 0.6 is 0 Å². The van der Waals surface area contributed by atoms with Crippen molar-refractivity contribution in [3.63, 3.8) is 0 Å². The van der Waals surface area contributed by atoms with Crippen LogP contribution in [0.3, 0.4) is 0 Å². The van der Waals surface area contributed by atoms with E-state index in [4.69, 9.17) is 5.26 Å². The van der Waals surface area contributed by atoms with E-state index in [-0.39, 0.29) is 0 Å². The van der Waals surface area contributed by atoms with Crippen molar-refractivity contribution in [2.24, 2.45) is 5.92 Å². The lowest BCUT2D eigenvalue weighted by Gasteiger charge is -2.35. The van der Waals surface area contributed by atoms with Crippen LogP contribution in [0.2, 0.25) is 0 Å². The summed E-state index contributed by atoms with van der Waals surface area (Å²) in [6.07, 6.45) is 5.85. The van der Waals surface area contributed by atoms with Crippen molar-refractivity contribution in [2.45, 2.75) is 25.8 Å². The molecule has 1 aromatic heterocycles. The van der Waals surface area contributed by atoms with Gasteiger partial charge in [0.15, 0.2) is 0 Å². The molecule has 1 aromatic rings. The zero-order valence-corrected chi connectivity index (χ0v) is 8.20. The molecule has 1 saturated carbocycles. The van der Waals surface area contributed by atoms with Crippen molar-refractivity contribution >= 4 is 5.69 Å². The number of hydrogen-bond donors (Lipinski definition) is 1. The summed E-state index contributed by atoms with van der Waals surface area (Å²) in [7, 11) is 0. The molecule has 0 radical (unpaired) electrons. The lowest BCUT2D eigenvalue weighted by Crippen LogP contribution is -2.36. The summed E-state index contributed by atoms with van der Waals surface area (Å²) in [6, 6.07) is 4.42. The van der Waals surface area contributed by atoms with Crippen LogP contribution < -0.4 is 5.32 Å². The topological polar surface area (TPSA) is 48.7 Å².